The highest BCUT2D eigenvalue weighted by molar-refractivity contribution is 6.09. The first-order valence-corrected chi connectivity index (χ1v) is 19.9. The van der Waals surface area contributed by atoms with Gasteiger partial charge in [-0.2, -0.15) is 0 Å². The van der Waals surface area contributed by atoms with Crippen LogP contribution in [0.3, 0.4) is 0 Å². The summed E-state index contributed by atoms with van der Waals surface area (Å²) in [5.41, 5.74) is 14.2. The van der Waals surface area contributed by atoms with Gasteiger partial charge < -0.3 is 9.47 Å². The van der Waals surface area contributed by atoms with E-state index < -0.39 is 0 Å². The molecule has 0 fully saturated rings. The average Bonchev–Trinajstić information content (AvgIpc) is 3.64. The Bertz CT molecular complexity index is 3190. The van der Waals surface area contributed by atoms with Crippen LogP contribution in [0.25, 0.3) is 82.4 Å². The van der Waals surface area contributed by atoms with Gasteiger partial charge in [-0.15, -0.1) is 0 Å². The van der Waals surface area contributed by atoms with Crippen molar-refractivity contribution in [1.29, 1.82) is 0 Å². The molecule has 2 heteroatoms. The Morgan fingerprint density at radius 3 is 1.45 bits per heavy atom. The minimum Gasteiger partial charge on any atom is -0.310 e. The maximum atomic E-state index is 2.37. The van der Waals surface area contributed by atoms with Crippen LogP contribution in [0.5, 0.6) is 0 Å². The minimum atomic E-state index is 1.10. The van der Waals surface area contributed by atoms with Gasteiger partial charge in [0.2, 0.25) is 0 Å². The molecule has 0 atom stereocenters. The highest BCUT2D eigenvalue weighted by Crippen LogP contribution is 2.40. The van der Waals surface area contributed by atoms with Crippen LogP contribution in [-0.2, 0) is 0 Å². The van der Waals surface area contributed by atoms with Crippen molar-refractivity contribution in [2.75, 3.05) is 4.90 Å². The van der Waals surface area contributed by atoms with Gasteiger partial charge in [-0.05, 0) is 122 Å². The molecule has 0 aliphatic carbocycles. The third-order valence-electron chi connectivity index (χ3n) is 11.6. The van der Waals surface area contributed by atoms with Crippen molar-refractivity contribution >= 4 is 60.4 Å². The second kappa shape index (κ2) is 14.1. The number of nitrogens with zero attached hydrogens (tertiary/aromatic N) is 2. The fourth-order valence-corrected chi connectivity index (χ4v) is 8.70. The summed E-state index contributed by atoms with van der Waals surface area (Å²) in [7, 11) is 0. The monoisotopic (exact) mass is 738 g/mol. The normalized spacial score (nSPS) is 11.4. The van der Waals surface area contributed by atoms with Crippen molar-refractivity contribution < 1.29 is 0 Å². The van der Waals surface area contributed by atoms with E-state index in [0.29, 0.717) is 0 Å². The maximum Gasteiger partial charge on any atom is 0.0541 e. The van der Waals surface area contributed by atoms with Gasteiger partial charge in [0.15, 0.2) is 0 Å². The molecule has 0 N–H and O–H groups in total. The molecule has 58 heavy (non-hydrogen) atoms. The zero-order chi connectivity index (χ0) is 38.4. The van der Waals surface area contributed by atoms with Crippen molar-refractivity contribution in [2.24, 2.45) is 0 Å². The highest BCUT2D eigenvalue weighted by atomic mass is 15.1. The Morgan fingerprint density at radius 2 is 0.759 bits per heavy atom. The summed E-state index contributed by atoms with van der Waals surface area (Å²) in [6.45, 7) is 0. The quantitative estimate of drug-likeness (QED) is 0.158. The van der Waals surface area contributed by atoms with E-state index in [9.17, 15) is 0 Å². The summed E-state index contributed by atoms with van der Waals surface area (Å²) in [4.78, 5) is 2.37. The van der Waals surface area contributed by atoms with Crippen molar-refractivity contribution in [2.45, 2.75) is 0 Å². The molecule has 0 aliphatic heterocycles. The lowest BCUT2D eigenvalue weighted by molar-refractivity contribution is 1.18. The van der Waals surface area contributed by atoms with Crippen molar-refractivity contribution in [3.8, 4) is 39.1 Å². The molecule has 2 nitrogen and oxygen atoms in total. The predicted molar refractivity (Wildman–Crippen MR) is 247 cm³/mol. The van der Waals surface area contributed by atoms with E-state index in [0.717, 1.165) is 22.7 Å². The van der Waals surface area contributed by atoms with Crippen molar-refractivity contribution in [3.63, 3.8) is 0 Å². The first-order chi connectivity index (χ1) is 28.7. The lowest BCUT2D eigenvalue weighted by atomic mass is 9.98. The van der Waals surface area contributed by atoms with E-state index >= 15 is 0 Å². The van der Waals surface area contributed by atoms with E-state index in [4.69, 9.17) is 0 Å². The second-order valence-corrected chi connectivity index (χ2v) is 15.0. The number of benzene rings is 10. The number of fused-ring (bicyclic) bond motifs is 5. The Labute approximate surface area is 338 Å². The van der Waals surface area contributed by atoms with Gasteiger partial charge >= 0.3 is 0 Å². The number of hydrogen-bond acceptors (Lipinski definition) is 1. The Morgan fingerprint density at radius 1 is 0.276 bits per heavy atom. The number of aromatic nitrogens is 1. The lowest BCUT2D eigenvalue weighted by Crippen LogP contribution is -2.09. The molecule has 0 spiro atoms. The van der Waals surface area contributed by atoms with Crippen LogP contribution in [0.4, 0.5) is 17.1 Å². The lowest BCUT2D eigenvalue weighted by Gasteiger charge is -2.26. The van der Waals surface area contributed by atoms with Crippen LogP contribution in [-0.4, -0.2) is 4.57 Å². The molecule has 0 aliphatic rings. The third-order valence-corrected chi connectivity index (χ3v) is 11.6. The summed E-state index contributed by atoms with van der Waals surface area (Å²) in [6, 6.07) is 83.6. The number of hydrogen-bond donors (Lipinski definition) is 0. The van der Waals surface area contributed by atoms with Crippen LogP contribution in [0.2, 0.25) is 0 Å². The molecular formula is C56H38N2. The molecule has 0 radical (unpaired) electrons. The topological polar surface area (TPSA) is 8.17 Å². The fourth-order valence-electron chi connectivity index (χ4n) is 8.70. The molecule has 11 aromatic rings. The van der Waals surface area contributed by atoms with Gasteiger partial charge in [0, 0.05) is 33.5 Å². The number of anilines is 3. The second-order valence-electron chi connectivity index (χ2n) is 15.0. The smallest absolute Gasteiger partial charge is 0.0541 e. The summed E-state index contributed by atoms with van der Waals surface area (Å²) < 4.78 is 2.37. The Kier molecular flexibility index (Phi) is 8.19. The van der Waals surface area contributed by atoms with Gasteiger partial charge in [-0.3, -0.25) is 0 Å². The summed E-state index contributed by atoms with van der Waals surface area (Å²) >= 11 is 0. The van der Waals surface area contributed by atoms with Gasteiger partial charge in [-0.1, -0.05) is 164 Å². The summed E-state index contributed by atoms with van der Waals surface area (Å²) in [5.74, 6) is 0. The molecular weight excluding hydrogens is 701 g/mol. The first kappa shape index (κ1) is 33.6. The molecule has 0 saturated carbocycles. The molecule has 0 unspecified atom stereocenters. The first-order valence-electron chi connectivity index (χ1n) is 19.9. The van der Waals surface area contributed by atoms with Gasteiger partial charge in [0.1, 0.15) is 0 Å². The molecule has 272 valence electrons. The third kappa shape index (κ3) is 5.91. The Hall–Kier alpha value is -7.68. The van der Waals surface area contributed by atoms with E-state index in [-0.39, 0.29) is 0 Å². The molecule has 10 aromatic carbocycles. The molecule has 0 saturated heterocycles. The minimum absolute atomic E-state index is 1.10. The summed E-state index contributed by atoms with van der Waals surface area (Å²) in [5, 5.41) is 7.48. The summed E-state index contributed by atoms with van der Waals surface area (Å²) in [6.07, 6.45) is 0. The molecule has 0 bridgehead atoms. The van der Waals surface area contributed by atoms with Gasteiger partial charge in [0.25, 0.3) is 0 Å². The van der Waals surface area contributed by atoms with Crippen LogP contribution in [0, 0.1) is 0 Å². The van der Waals surface area contributed by atoms with Gasteiger partial charge in [0.05, 0.1) is 11.0 Å². The average molecular weight is 739 g/mol. The van der Waals surface area contributed by atoms with Crippen LogP contribution in [0.15, 0.2) is 231 Å². The zero-order valence-corrected chi connectivity index (χ0v) is 31.8. The highest BCUT2D eigenvalue weighted by Gasteiger charge is 2.16. The number of rotatable bonds is 7. The SMILES string of the molecule is c1ccc(-c2ccc3cc(N(c4ccc(-c5ccc(-n6c7ccccc7c7ccccc76)cc5)cc4)c4ccc(-c5cccc6ccccc56)cc4)ccc3c2)cc1. The molecule has 1 heterocycles. The van der Waals surface area contributed by atoms with Crippen LogP contribution in [0.1, 0.15) is 0 Å². The largest absolute Gasteiger partial charge is 0.310 e. The zero-order valence-electron chi connectivity index (χ0n) is 31.8. The molecule has 1 aromatic heterocycles. The predicted octanol–water partition coefficient (Wildman–Crippen LogP) is 15.6. The van der Waals surface area contributed by atoms with Crippen molar-refractivity contribution in [1.82, 2.24) is 4.57 Å². The van der Waals surface area contributed by atoms with E-state index in [1.165, 1.54) is 76.7 Å². The maximum absolute atomic E-state index is 2.37. The van der Waals surface area contributed by atoms with Crippen LogP contribution < -0.4 is 4.90 Å². The fraction of sp³-hybridized carbons (Fsp3) is 0. The van der Waals surface area contributed by atoms with Crippen LogP contribution >= 0.6 is 0 Å². The molecule has 0 amide bonds. The van der Waals surface area contributed by atoms with E-state index in [1.807, 2.05) is 0 Å². The molecule has 11 rings (SSSR count). The standard InChI is InChI=1S/C56H38N2/c1-2-11-39(12-3-1)44-21-22-46-38-50(36-29-45(46)37-44)57(48-34-27-43(28-35-48)52-18-10-14-42-13-4-5-15-51(42)52)47-30-23-40(24-31-47)41-25-32-49(33-26-41)58-55-19-8-6-16-53(55)54-17-7-9-20-56(54)58/h1-38H. The van der Waals surface area contributed by atoms with E-state index in [2.05, 4.69) is 240 Å². The van der Waals surface area contributed by atoms with Gasteiger partial charge in [-0.25, -0.2) is 0 Å². The van der Waals surface area contributed by atoms with E-state index in [1.54, 1.807) is 0 Å². The van der Waals surface area contributed by atoms with Crippen molar-refractivity contribution in [3.05, 3.63) is 231 Å². The number of para-hydroxylation sites is 2. The Balaban J connectivity index is 0.961.